The van der Waals surface area contributed by atoms with E-state index >= 15 is 0 Å². The minimum atomic E-state index is 0.323. The Balaban J connectivity index is 1.93. The van der Waals surface area contributed by atoms with Crippen LogP contribution in [0.2, 0.25) is 0 Å². The highest BCUT2D eigenvalue weighted by Crippen LogP contribution is 2.34. The fraction of sp³-hybridized carbons (Fsp3) is 1.00. The smallest absolute Gasteiger partial charge is 0.0329 e. The molecule has 0 aromatic heterocycles. The van der Waals surface area contributed by atoms with E-state index in [1.54, 1.807) is 0 Å². The topological polar surface area (TPSA) is 32.5 Å². The lowest BCUT2D eigenvalue weighted by Gasteiger charge is -2.40. The first-order valence-corrected chi connectivity index (χ1v) is 6.79. The van der Waals surface area contributed by atoms with Gasteiger partial charge >= 0.3 is 0 Å². The molecule has 1 saturated heterocycles. The van der Waals surface area contributed by atoms with Gasteiger partial charge in [0.2, 0.25) is 0 Å². The second kappa shape index (κ2) is 5.03. The molecule has 2 aliphatic rings. The molecular weight excluding hydrogens is 198 g/mol. The van der Waals surface area contributed by atoms with Crippen LogP contribution in [0.4, 0.5) is 0 Å². The SMILES string of the molecule is CN1CCCC1CN(C)C1(CN)CCCC1. The number of nitrogens with zero attached hydrogens (tertiary/aromatic N) is 2. The van der Waals surface area contributed by atoms with Crippen molar-refractivity contribution in [2.45, 2.75) is 50.1 Å². The van der Waals surface area contributed by atoms with Crippen molar-refractivity contribution in [1.82, 2.24) is 9.80 Å². The van der Waals surface area contributed by atoms with Crippen LogP contribution in [0.5, 0.6) is 0 Å². The van der Waals surface area contributed by atoms with Gasteiger partial charge in [-0.3, -0.25) is 4.90 Å². The highest BCUT2D eigenvalue weighted by atomic mass is 15.2. The van der Waals surface area contributed by atoms with E-state index in [9.17, 15) is 0 Å². The first-order valence-electron chi connectivity index (χ1n) is 6.79. The van der Waals surface area contributed by atoms with Crippen LogP contribution in [-0.4, -0.2) is 55.1 Å². The minimum Gasteiger partial charge on any atom is -0.329 e. The minimum absolute atomic E-state index is 0.323. The fourth-order valence-corrected chi connectivity index (χ4v) is 3.49. The molecule has 1 aliphatic carbocycles. The van der Waals surface area contributed by atoms with Gasteiger partial charge in [-0.25, -0.2) is 0 Å². The number of rotatable bonds is 4. The second-order valence-electron chi connectivity index (χ2n) is 5.79. The molecule has 0 spiro atoms. The third-order valence-electron chi connectivity index (χ3n) is 4.88. The molecule has 3 nitrogen and oxygen atoms in total. The lowest BCUT2D eigenvalue weighted by atomic mass is 9.95. The Bertz CT molecular complexity index is 223. The second-order valence-corrected chi connectivity index (χ2v) is 5.79. The lowest BCUT2D eigenvalue weighted by Crippen LogP contribution is -2.53. The van der Waals surface area contributed by atoms with Crippen LogP contribution < -0.4 is 5.73 Å². The van der Waals surface area contributed by atoms with Gasteiger partial charge in [-0.2, -0.15) is 0 Å². The van der Waals surface area contributed by atoms with Crippen molar-refractivity contribution in [3.05, 3.63) is 0 Å². The molecule has 0 aromatic rings. The first kappa shape index (κ1) is 12.3. The molecule has 3 heteroatoms. The first-order chi connectivity index (χ1) is 7.68. The molecule has 0 radical (unpaired) electrons. The molecule has 1 atom stereocenters. The Morgan fingerprint density at radius 3 is 2.50 bits per heavy atom. The van der Waals surface area contributed by atoms with Crippen LogP contribution in [0.1, 0.15) is 38.5 Å². The van der Waals surface area contributed by atoms with E-state index in [1.807, 2.05) is 0 Å². The third-order valence-corrected chi connectivity index (χ3v) is 4.88. The standard InChI is InChI=1S/C13H27N3/c1-15-9-5-6-12(15)10-16(2)13(11-14)7-3-4-8-13/h12H,3-11,14H2,1-2H3. The Morgan fingerprint density at radius 2 is 2.00 bits per heavy atom. The molecular formula is C13H27N3. The van der Waals surface area contributed by atoms with Crippen molar-refractivity contribution in [2.75, 3.05) is 33.7 Å². The number of likely N-dealkylation sites (tertiary alicyclic amines) is 1. The zero-order valence-electron chi connectivity index (χ0n) is 10.9. The van der Waals surface area contributed by atoms with Crippen molar-refractivity contribution >= 4 is 0 Å². The normalized spacial score (nSPS) is 30.4. The zero-order valence-corrected chi connectivity index (χ0v) is 10.9. The van der Waals surface area contributed by atoms with Crippen molar-refractivity contribution < 1.29 is 0 Å². The molecule has 1 heterocycles. The summed E-state index contributed by atoms with van der Waals surface area (Å²) in [7, 11) is 4.54. The van der Waals surface area contributed by atoms with Gasteiger partial charge in [0.1, 0.15) is 0 Å². The van der Waals surface area contributed by atoms with Gasteiger partial charge in [0.15, 0.2) is 0 Å². The maximum atomic E-state index is 6.02. The number of hydrogen-bond donors (Lipinski definition) is 1. The molecule has 1 aliphatic heterocycles. The summed E-state index contributed by atoms with van der Waals surface area (Å²) in [4.78, 5) is 5.07. The van der Waals surface area contributed by atoms with Crippen molar-refractivity contribution in [3.63, 3.8) is 0 Å². The summed E-state index contributed by atoms with van der Waals surface area (Å²) in [6.45, 7) is 3.31. The molecule has 0 amide bonds. The van der Waals surface area contributed by atoms with E-state index in [2.05, 4.69) is 23.9 Å². The predicted octanol–water partition coefficient (Wildman–Crippen LogP) is 1.28. The van der Waals surface area contributed by atoms with Crippen molar-refractivity contribution in [1.29, 1.82) is 0 Å². The van der Waals surface area contributed by atoms with Crippen LogP contribution in [0.25, 0.3) is 0 Å². The number of likely N-dealkylation sites (N-methyl/N-ethyl adjacent to an activating group) is 2. The van der Waals surface area contributed by atoms with Gasteiger partial charge in [-0.05, 0) is 46.3 Å². The van der Waals surface area contributed by atoms with E-state index in [1.165, 1.54) is 51.6 Å². The van der Waals surface area contributed by atoms with Gasteiger partial charge in [0.05, 0.1) is 0 Å². The average molecular weight is 225 g/mol. The molecule has 2 N–H and O–H groups in total. The van der Waals surface area contributed by atoms with Crippen LogP contribution in [0.15, 0.2) is 0 Å². The molecule has 2 fully saturated rings. The van der Waals surface area contributed by atoms with E-state index in [0.717, 1.165) is 12.6 Å². The highest BCUT2D eigenvalue weighted by Gasteiger charge is 2.37. The Morgan fingerprint density at radius 1 is 1.31 bits per heavy atom. The Hall–Kier alpha value is -0.120. The zero-order chi connectivity index (χ0) is 11.6. The summed E-state index contributed by atoms with van der Waals surface area (Å²) >= 11 is 0. The monoisotopic (exact) mass is 225 g/mol. The molecule has 1 saturated carbocycles. The maximum absolute atomic E-state index is 6.02. The van der Waals surface area contributed by atoms with Crippen LogP contribution in [-0.2, 0) is 0 Å². The van der Waals surface area contributed by atoms with Crippen molar-refractivity contribution in [2.24, 2.45) is 5.73 Å². The fourth-order valence-electron chi connectivity index (χ4n) is 3.49. The van der Waals surface area contributed by atoms with Gasteiger partial charge in [0, 0.05) is 24.7 Å². The Kier molecular flexibility index (Phi) is 3.88. The van der Waals surface area contributed by atoms with Crippen molar-refractivity contribution in [3.8, 4) is 0 Å². The number of nitrogens with two attached hydrogens (primary N) is 1. The third kappa shape index (κ3) is 2.27. The number of hydrogen-bond acceptors (Lipinski definition) is 3. The molecule has 94 valence electrons. The summed E-state index contributed by atoms with van der Waals surface area (Å²) in [5.74, 6) is 0. The summed E-state index contributed by atoms with van der Waals surface area (Å²) in [5.41, 5.74) is 6.35. The summed E-state index contributed by atoms with van der Waals surface area (Å²) in [6, 6.07) is 0.758. The summed E-state index contributed by atoms with van der Waals surface area (Å²) in [5, 5.41) is 0. The van der Waals surface area contributed by atoms with E-state index in [0.29, 0.717) is 5.54 Å². The summed E-state index contributed by atoms with van der Waals surface area (Å²) in [6.07, 6.45) is 8.06. The van der Waals surface area contributed by atoms with Gasteiger partial charge in [-0.15, -0.1) is 0 Å². The van der Waals surface area contributed by atoms with Crippen LogP contribution in [0.3, 0.4) is 0 Å². The molecule has 1 unspecified atom stereocenters. The van der Waals surface area contributed by atoms with Gasteiger partial charge in [-0.1, -0.05) is 12.8 Å². The van der Waals surface area contributed by atoms with Crippen LogP contribution in [0, 0.1) is 0 Å². The lowest BCUT2D eigenvalue weighted by molar-refractivity contribution is 0.100. The quantitative estimate of drug-likeness (QED) is 0.782. The largest absolute Gasteiger partial charge is 0.329 e. The average Bonchev–Trinajstić information content (AvgIpc) is 2.89. The van der Waals surface area contributed by atoms with E-state index in [-0.39, 0.29) is 0 Å². The van der Waals surface area contributed by atoms with E-state index < -0.39 is 0 Å². The molecule has 0 aromatic carbocycles. The Labute approximate surface area is 100.0 Å². The highest BCUT2D eigenvalue weighted by molar-refractivity contribution is 4.96. The van der Waals surface area contributed by atoms with E-state index in [4.69, 9.17) is 5.73 Å². The van der Waals surface area contributed by atoms with Crippen LogP contribution >= 0.6 is 0 Å². The maximum Gasteiger partial charge on any atom is 0.0329 e. The molecule has 16 heavy (non-hydrogen) atoms. The summed E-state index contributed by atoms with van der Waals surface area (Å²) < 4.78 is 0. The molecule has 0 bridgehead atoms. The van der Waals surface area contributed by atoms with Gasteiger partial charge < -0.3 is 10.6 Å². The predicted molar refractivity (Wildman–Crippen MR) is 68.5 cm³/mol. The molecule has 2 rings (SSSR count). The van der Waals surface area contributed by atoms with Gasteiger partial charge in [0.25, 0.3) is 0 Å².